The molecular formula is C16H13ClN2O3. The van der Waals surface area contributed by atoms with Crippen molar-refractivity contribution in [2.24, 2.45) is 0 Å². The van der Waals surface area contributed by atoms with Crippen molar-refractivity contribution in [1.29, 1.82) is 5.26 Å². The maximum Gasteiger partial charge on any atom is 0.238 e. The summed E-state index contributed by atoms with van der Waals surface area (Å²) in [5, 5.41) is 21.1. The quantitative estimate of drug-likeness (QED) is 0.884. The molecule has 2 rings (SSSR count). The number of hydrogen-bond acceptors (Lipinski definition) is 4. The zero-order chi connectivity index (χ0) is 15.9. The Morgan fingerprint density at radius 1 is 1.27 bits per heavy atom. The van der Waals surface area contributed by atoms with Gasteiger partial charge in [-0.2, -0.15) is 5.26 Å². The van der Waals surface area contributed by atoms with Crippen LogP contribution >= 0.6 is 11.6 Å². The normalized spacial score (nSPS) is 9.86. The number of aliphatic hydroxyl groups is 1. The third-order valence-corrected chi connectivity index (χ3v) is 3.05. The monoisotopic (exact) mass is 316 g/mol. The summed E-state index contributed by atoms with van der Waals surface area (Å²) in [6.45, 7) is -0.245. The highest BCUT2D eigenvalue weighted by atomic mass is 35.5. The topological polar surface area (TPSA) is 82.4 Å². The van der Waals surface area contributed by atoms with Gasteiger partial charge in [0.05, 0.1) is 12.7 Å². The van der Waals surface area contributed by atoms with Gasteiger partial charge in [0, 0.05) is 16.3 Å². The summed E-state index contributed by atoms with van der Waals surface area (Å²) in [6, 6.07) is 13.5. The standard InChI is InChI=1S/C16H13ClN2O3/c17-12-1-4-14(5-2-12)22-15-6-3-13(9-11(15)10-20)19-16(21)7-8-18/h1-6,9,20H,7,10H2,(H,19,21). The first-order chi connectivity index (χ1) is 10.6. The number of ether oxygens (including phenoxy) is 1. The summed E-state index contributed by atoms with van der Waals surface area (Å²) < 4.78 is 5.68. The van der Waals surface area contributed by atoms with Crippen molar-refractivity contribution < 1.29 is 14.6 Å². The van der Waals surface area contributed by atoms with E-state index in [1.807, 2.05) is 0 Å². The number of hydrogen-bond donors (Lipinski definition) is 2. The summed E-state index contributed by atoms with van der Waals surface area (Å²) in [5.74, 6) is 0.654. The molecule has 0 atom stereocenters. The molecule has 0 aliphatic heterocycles. The van der Waals surface area contributed by atoms with E-state index in [0.717, 1.165) is 0 Å². The first-order valence-corrected chi connectivity index (χ1v) is 6.84. The Kier molecular flexibility index (Phi) is 5.37. The molecule has 112 valence electrons. The minimum Gasteiger partial charge on any atom is -0.457 e. The lowest BCUT2D eigenvalue weighted by Gasteiger charge is -2.12. The number of rotatable bonds is 5. The van der Waals surface area contributed by atoms with Crippen LogP contribution in [0.5, 0.6) is 11.5 Å². The predicted molar refractivity (Wildman–Crippen MR) is 82.8 cm³/mol. The van der Waals surface area contributed by atoms with Gasteiger partial charge in [-0.15, -0.1) is 0 Å². The molecule has 0 fully saturated rings. The van der Waals surface area contributed by atoms with Crippen molar-refractivity contribution in [3.63, 3.8) is 0 Å². The Balaban J connectivity index is 2.17. The molecule has 0 aliphatic rings. The first kappa shape index (κ1) is 15.8. The van der Waals surface area contributed by atoms with E-state index in [2.05, 4.69) is 5.32 Å². The Morgan fingerprint density at radius 3 is 2.64 bits per heavy atom. The minimum atomic E-state index is -0.405. The molecule has 0 unspecified atom stereocenters. The number of carbonyl (C=O) groups excluding carboxylic acids is 1. The molecule has 0 spiro atoms. The number of nitrogens with zero attached hydrogens (tertiary/aromatic N) is 1. The van der Waals surface area contributed by atoms with Gasteiger partial charge in [0.15, 0.2) is 0 Å². The van der Waals surface area contributed by atoms with E-state index in [1.54, 1.807) is 48.5 Å². The Hall–Kier alpha value is -2.55. The van der Waals surface area contributed by atoms with Crippen LogP contribution in [-0.2, 0) is 11.4 Å². The number of amides is 1. The SMILES string of the molecule is N#CCC(=O)Nc1ccc(Oc2ccc(Cl)cc2)c(CO)c1. The third kappa shape index (κ3) is 4.22. The van der Waals surface area contributed by atoms with Crippen molar-refractivity contribution >= 4 is 23.2 Å². The second kappa shape index (κ2) is 7.46. The number of benzene rings is 2. The summed E-state index contributed by atoms with van der Waals surface area (Å²) in [6.07, 6.45) is -0.225. The van der Waals surface area contributed by atoms with E-state index < -0.39 is 5.91 Å². The zero-order valence-corrected chi connectivity index (χ0v) is 12.3. The second-order valence-electron chi connectivity index (χ2n) is 4.42. The molecular weight excluding hydrogens is 304 g/mol. The Labute approximate surface area is 132 Å². The molecule has 2 aromatic rings. The fourth-order valence-electron chi connectivity index (χ4n) is 1.79. The summed E-state index contributed by atoms with van der Waals surface area (Å²) >= 11 is 5.81. The lowest BCUT2D eigenvalue weighted by atomic mass is 10.2. The van der Waals surface area contributed by atoms with E-state index in [4.69, 9.17) is 21.6 Å². The molecule has 0 saturated heterocycles. The zero-order valence-electron chi connectivity index (χ0n) is 11.5. The first-order valence-electron chi connectivity index (χ1n) is 6.46. The van der Waals surface area contributed by atoms with Crippen molar-refractivity contribution in [3.05, 3.63) is 53.1 Å². The van der Waals surface area contributed by atoms with Crippen LogP contribution in [0.2, 0.25) is 5.02 Å². The molecule has 2 aromatic carbocycles. The van der Waals surface area contributed by atoms with E-state index in [-0.39, 0.29) is 13.0 Å². The second-order valence-corrected chi connectivity index (χ2v) is 4.86. The van der Waals surface area contributed by atoms with Crippen molar-refractivity contribution in [2.45, 2.75) is 13.0 Å². The molecule has 2 N–H and O–H groups in total. The smallest absolute Gasteiger partial charge is 0.238 e. The molecule has 6 heteroatoms. The number of aliphatic hydroxyl groups excluding tert-OH is 1. The number of anilines is 1. The maximum absolute atomic E-state index is 11.4. The van der Waals surface area contributed by atoms with Crippen LogP contribution in [0.15, 0.2) is 42.5 Å². The van der Waals surface area contributed by atoms with Crippen LogP contribution in [-0.4, -0.2) is 11.0 Å². The number of carbonyl (C=O) groups is 1. The molecule has 0 saturated carbocycles. The van der Waals surface area contributed by atoms with Crippen LogP contribution in [0.4, 0.5) is 5.69 Å². The summed E-state index contributed by atoms with van der Waals surface area (Å²) in [4.78, 5) is 11.4. The van der Waals surface area contributed by atoms with Gasteiger partial charge in [0.1, 0.15) is 17.9 Å². The van der Waals surface area contributed by atoms with Crippen LogP contribution < -0.4 is 10.1 Å². The van der Waals surface area contributed by atoms with E-state index in [9.17, 15) is 9.90 Å². The Bertz CT molecular complexity index is 708. The highest BCUT2D eigenvalue weighted by Gasteiger charge is 2.08. The van der Waals surface area contributed by atoms with Gasteiger partial charge in [0.25, 0.3) is 0 Å². The van der Waals surface area contributed by atoms with Crippen molar-refractivity contribution in [2.75, 3.05) is 5.32 Å². The molecule has 0 heterocycles. The minimum absolute atomic E-state index is 0.225. The predicted octanol–water partition coefficient (Wildman–Crippen LogP) is 3.48. The largest absolute Gasteiger partial charge is 0.457 e. The van der Waals surface area contributed by atoms with Gasteiger partial charge in [-0.05, 0) is 42.5 Å². The van der Waals surface area contributed by atoms with Gasteiger partial charge in [-0.1, -0.05) is 11.6 Å². The maximum atomic E-state index is 11.4. The Morgan fingerprint density at radius 2 is 2.00 bits per heavy atom. The van der Waals surface area contributed by atoms with Gasteiger partial charge < -0.3 is 15.2 Å². The van der Waals surface area contributed by atoms with Gasteiger partial charge in [-0.3, -0.25) is 4.79 Å². The van der Waals surface area contributed by atoms with E-state index >= 15 is 0 Å². The fraction of sp³-hybridized carbons (Fsp3) is 0.125. The third-order valence-electron chi connectivity index (χ3n) is 2.80. The molecule has 0 radical (unpaired) electrons. The van der Waals surface area contributed by atoms with Crippen molar-refractivity contribution in [1.82, 2.24) is 0 Å². The molecule has 0 bridgehead atoms. The molecule has 22 heavy (non-hydrogen) atoms. The molecule has 1 amide bonds. The number of nitriles is 1. The van der Waals surface area contributed by atoms with Crippen LogP contribution in [0.25, 0.3) is 0 Å². The van der Waals surface area contributed by atoms with Gasteiger partial charge >= 0.3 is 0 Å². The molecule has 0 aromatic heterocycles. The molecule has 5 nitrogen and oxygen atoms in total. The lowest BCUT2D eigenvalue weighted by molar-refractivity contribution is -0.115. The van der Waals surface area contributed by atoms with Gasteiger partial charge in [0.2, 0.25) is 5.91 Å². The summed E-state index contributed by atoms with van der Waals surface area (Å²) in [5.41, 5.74) is 1.01. The lowest BCUT2D eigenvalue weighted by Crippen LogP contribution is -2.10. The van der Waals surface area contributed by atoms with E-state index in [0.29, 0.717) is 27.8 Å². The van der Waals surface area contributed by atoms with Crippen molar-refractivity contribution in [3.8, 4) is 17.6 Å². The van der Waals surface area contributed by atoms with Crippen LogP contribution in [0.3, 0.4) is 0 Å². The number of nitrogens with one attached hydrogen (secondary N) is 1. The fourth-order valence-corrected chi connectivity index (χ4v) is 1.91. The average Bonchev–Trinajstić information content (AvgIpc) is 2.51. The highest BCUT2D eigenvalue weighted by Crippen LogP contribution is 2.28. The van der Waals surface area contributed by atoms with Gasteiger partial charge in [-0.25, -0.2) is 0 Å². The van der Waals surface area contributed by atoms with Crippen LogP contribution in [0.1, 0.15) is 12.0 Å². The summed E-state index contributed by atoms with van der Waals surface area (Å²) in [7, 11) is 0. The highest BCUT2D eigenvalue weighted by molar-refractivity contribution is 6.30. The average molecular weight is 317 g/mol. The number of halogens is 1. The van der Waals surface area contributed by atoms with E-state index in [1.165, 1.54) is 0 Å². The molecule has 0 aliphatic carbocycles. The van der Waals surface area contributed by atoms with Crippen LogP contribution in [0, 0.1) is 11.3 Å².